The molecule has 27 heavy (non-hydrogen) atoms. The van der Waals surface area contributed by atoms with Gasteiger partial charge < -0.3 is 19.5 Å². The van der Waals surface area contributed by atoms with Gasteiger partial charge in [0.1, 0.15) is 0 Å². The summed E-state index contributed by atoms with van der Waals surface area (Å²) < 4.78 is 15.9. The largest absolute Gasteiger partial charge is 0.493 e. The highest BCUT2D eigenvalue weighted by Crippen LogP contribution is 2.38. The van der Waals surface area contributed by atoms with Gasteiger partial charge in [0.2, 0.25) is 11.7 Å². The molecule has 0 aliphatic heterocycles. The molecule has 0 bridgehead atoms. The second kappa shape index (κ2) is 9.23. The topological polar surface area (TPSA) is 98.2 Å². The maximum Gasteiger partial charge on any atom is 0.271 e. The lowest BCUT2D eigenvalue weighted by Gasteiger charge is -2.13. The lowest BCUT2D eigenvalue weighted by molar-refractivity contribution is -0.114. The van der Waals surface area contributed by atoms with Crippen LogP contribution in [0.25, 0.3) is 0 Å². The number of nitrogens with zero attached hydrogens (tertiary/aromatic N) is 1. The van der Waals surface area contributed by atoms with Crippen molar-refractivity contribution in [1.29, 1.82) is 0 Å². The summed E-state index contributed by atoms with van der Waals surface area (Å²) in [4.78, 5) is 23.4. The zero-order valence-electron chi connectivity index (χ0n) is 15.5. The van der Waals surface area contributed by atoms with Crippen LogP contribution in [0.1, 0.15) is 22.8 Å². The molecule has 0 aliphatic carbocycles. The Morgan fingerprint density at radius 3 is 2.37 bits per heavy atom. The lowest BCUT2D eigenvalue weighted by atomic mass is 10.2. The predicted octanol–water partition coefficient (Wildman–Crippen LogP) is 2.43. The first-order valence-electron chi connectivity index (χ1n) is 8.00. The molecule has 2 N–H and O–H groups in total. The Morgan fingerprint density at radius 1 is 1.00 bits per heavy atom. The third kappa shape index (κ3) is 4.97. The Morgan fingerprint density at radius 2 is 1.74 bits per heavy atom. The van der Waals surface area contributed by atoms with Gasteiger partial charge in [-0.2, -0.15) is 5.10 Å². The normalized spacial score (nSPS) is 10.4. The predicted molar refractivity (Wildman–Crippen MR) is 102 cm³/mol. The molecule has 2 rings (SSSR count). The van der Waals surface area contributed by atoms with E-state index in [0.29, 0.717) is 34.1 Å². The van der Waals surface area contributed by atoms with Gasteiger partial charge in [0, 0.05) is 23.7 Å². The first-order valence-corrected chi connectivity index (χ1v) is 8.00. The molecule has 0 saturated carbocycles. The third-order valence-corrected chi connectivity index (χ3v) is 3.55. The summed E-state index contributed by atoms with van der Waals surface area (Å²) >= 11 is 0. The standard InChI is InChI=1S/C19H21N3O5/c1-12(23)21-15-7-5-6-13(10-15)19(24)22-20-11-14-8-9-16(25-2)18(27-4)17(14)26-3/h5-11H,1-4H3,(H,21,23)(H,22,24). The molecule has 0 aliphatic rings. The number of benzene rings is 2. The molecule has 0 unspecified atom stereocenters. The van der Waals surface area contributed by atoms with E-state index >= 15 is 0 Å². The molecule has 2 amide bonds. The van der Waals surface area contributed by atoms with E-state index in [4.69, 9.17) is 14.2 Å². The number of rotatable bonds is 7. The number of nitrogens with one attached hydrogen (secondary N) is 2. The zero-order valence-corrected chi connectivity index (χ0v) is 15.5. The highest BCUT2D eigenvalue weighted by atomic mass is 16.5. The minimum Gasteiger partial charge on any atom is -0.493 e. The van der Waals surface area contributed by atoms with E-state index in [1.54, 1.807) is 36.4 Å². The van der Waals surface area contributed by atoms with Gasteiger partial charge in [-0.3, -0.25) is 9.59 Å². The van der Waals surface area contributed by atoms with Crippen LogP contribution in [0.2, 0.25) is 0 Å². The van der Waals surface area contributed by atoms with Crippen molar-refractivity contribution in [2.75, 3.05) is 26.6 Å². The number of anilines is 1. The van der Waals surface area contributed by atoms with Crippen LogP contribution < -0.4 is 25.0 Å². The molecule has 0 spiro atoms. The molecular weight excluding hydrogens is 350 g/mol. The molecule has 0 saturated heterocycles. The van der Waals surface area contributed by atoms with Gasteiger partial charge in [-0.05, 0) is 30.3 Å². The summed E-state index contributed by atoms with van der Waals surface area (Å²) in [7, 11) is 4.53. The van der Waals surface area contributed by atoms with Crippen LogP contribution in [0, 0.1) is 0 Å². The molecule has 0 aromatic heterocycles. The number of hydrogen-bond acceptors (Lipinski definition) is 6. The summed E-state index contributed by atoms with van der Waals surface area (Å²) in [5.41, 5.74) is 3.92. The number of carbonyl (C=O) groups excluding carboxylic acids is 2. The number of ether oxygens (including phenoxy) is 3. The van der Waals surface area contributed by atoms with E-state index in [0.717, 1.165) is 0 Å². The van der Waals surface area contributed by atoms with E-state index in [9.17, 15) is 9.59 Å². The molecular formula is C19H21N3O5. The van der Waals surface area contributed by atoms with Gasteiger partial charge in [-0.1, -0.05) is 6.07 Å². The van der Waals surface area contributed by atoms with E-state index in [2.05, 4.69) is 15.8 Å². The van der Waals surface area contributed by atoms with Gasteiger partial charge in [0.15, 0.2) is 11.5 Å². The van der Waals surface area contributed by atoms with Gasteiger partial charge in [-0.15, -0.1) is 0 Å². The fraction of sp³-hybridized carbons (Fsp3) is 0.211. The monoisotopic (exact) mass is 371 g/mol. The number of methoxy groups -OCH3 is 3. The van der Waals surface area contributed by atoms with E-state index in [-0.39, 0.29) is 5.91 Å². The van der Waals surface area contributed by atoms with E-state index < -0.39 is 5.91 Å². The number of hydrazone groups is 1. The minimum absolute atomic E-state index is 0.217. The third-order valence-electron chi connectivity index (χ3n) is 3.55. The highest BCUT2D eigenvalue weighted by molar-refractivity contribution is 5.97. The van der Waals surface area contributed by atoms with Gasteiger partial charge in [-0.25, -0.2) is 5.43 Å². The van der Waals surface area contributed by atoms with Crippen LogP contribution in [0.15, 0.2) is 41.5 Å². The summed E-state index contributed by atoms with van der Waals surface area (Å²) in [6.07, 6.45) is 1.44. The number of amides is 2. The molecule has 142 valence electrons. The average Bonchev–Trinajstić information content (AvgIpc) is 2.66. The Labute approximate surface area is 157 Å². The van der Waals surface area contributed by atoms with Crippen molar-refractivity contribution in [2.45, 2.75) is 6.92 Å². The van der Waals surface area contributed by atoms with E-state index in [1.165, 1.54) is 34.5 Å². The SMILES string of the molecule is COc1ccc(C=NNC(=O)c2cccc(NC(C)=O)c2)c(OC)c1OC. The van der Waals surface area contributed by atoms with Crippen molar-refractivity contribution < 1.29 is 23.8 Å². The van der Waals surface area contributed by atoms with Gasteiger partial charge in [0.05, 0.1) is 27.5 Å². The number of hydrogen-bond donors (Lipinski definition) is 2. The fourth-order valence-corrected chi connectivity index (χ4v) is 2.39. The van der Waals surface area contributed by atoms with Crippen LogP contribution in [0.5, 0.6) is 17.2 Å². The van der Waals surface area contributed by atoms with Crippen molar-refractivity contribution in [3.05, 3.63) is 47.5 Å². The first kappa shape index (κ1) is 19.8. The smallest absolute Gasteiger partial charge is 0.271 e. The summed E-state index contributed by atoms with van der Waals surface area (Å²) in [5.74, 6) is 0.745. The second-order valence-electron chi connectivity index (χ2n) is 5.38. The highest BCUT2D eigenvalue weighted by Gasteiger charge is 2.14. The number of carbonyl (C=O) groups is 2. The second-order valence-corrected chi connectivity index (χ2v) is 5.38. The Kier molecular flexibility index (Phi) is 6.76. The van der Waals surface area contributed by atoms with Gasteiger partial charge in [0.25, 0.3) is 5.91 Å². The zero-order chi connectivity index (χ0) is 19.8. The fourth-order valence-electron chi connectivity index (χ4n) is 2.39. The first-order chi connectivity index (χ1) is 13.0. The molecule has 0 atom stereocenters. The molecule has 0 fully saturated rings. The van der Waals surface area contributed by atoms with Crippen LogP contribution in [0.4, 0.5) is 5.69 Å². The lowest BCUT2D eigenvalue weighted by Crippen LogP contribution is -2.18. The average molecular weight is 371 g/mol. The van der Waals surface area contributed by atoms with Crippen LogP contribution >= 0.6 is 0 Å². The van der Waals surface area contributed by atoms with Crippen molar-refractivity contribution in [2.24, 2.45) is 5.10 Å². The van der Waals surface area contributed by atoms with Crippen LogP contribution in [0.3, 0.4) is 0 Å². The van der Waals surface area contributed by atoms with Crippen molar-refractivity contribution in [3.8, 4) is 17.2 Å². The Bertz CT molecular complexity index is 864. The summed E-state index contributed by atoms with van der Waals surface area (Å²) in [5, 5.41) is 6.58. The maximum absolute atomic E-state index is 12.2. The van der Waals surface area contributed by atoms with Crippen molar-refractivity contribution >= 4 is 23.7 Å². The quantitative estimate of drug-likeness (QED) is 0.575. The van der Waals surface area contributed by atoms with Crippen molar-refractivity contribution in [1.82, 2.24) is 5.43 Å². The summed E-state index contributed by atoms with van der Waals surface area (Å²) in [6.45, 7) is 1.40. The van der Waals surface area contributed by atoms with Crippen LogP contribution in [-0.2, 0) is 4.79 Å². The minimum atomic E-state index is -0.419. The van der Waals surface area contributed by atoms with Gasteiger partial charge >= 0.3 is 0 Å². The molecule has 0 radical (unpaired) electrons. The molecule has 8 heteroatoms. The Hall–Kier alpha value is -3.55. The molecule has 2 aromatic carbocycles. The maximum atomic E-state index is 12.2. The van der Waals surface area contributed by atoms with E-state index in [1.807, 2.05) is 0 Å². The summed E-state index contributed by atoms with van der Waals surface area (Å²) in [6, 6.07) is 9.97. The van der Waals surface area contributed by atoms with Crippen LogP contribution in [-0.4, -0.2) is 39.4 Å². The molecule has 8 nitrogen and oxygen atoms in total. The molecule has 0 heterocycles. The molecule has 2 aromatic rings. The Balaban J connectivity index is 2.15. The van der Waals surface area contributed by atoms with Crippen molar-refractivity contribution in [3.63, 3.8) is 0 Å².